The molecule has 1 aliphatic rings. The molecule has 0 bridgehead atoms. The van der Waals surface area contributed by atoms with E-state index in [9.17, 15) is 9.59 Å². The number of hydrogen-bond acceptors (Lipinski definition) is 5. The Balaban J connectivity index is 1.65. The summed E-state index contributed by atoms with van der Waals surface area (Å²) in [4.78, 5) is 34.6. The van der Waals surface area contributed by atoms with E-state index >= 15 is 0 Å². The number of carbonyl (C=O) groups excluding carboxylic acids is 2. The molecule has 3 heterocycles. The fourth-order valence-electron chi connectivity index (χ4n) is 3.25. The first-order chi connectivity index (χ1) is 12.5. The van der Waals surface area contributed by atoms with E-state index in [0.717, 1.165) is 30.8 Å². The highest BCUT2D eigenvalue weighted by Gasteiger charge is 2.31. The highest BCUT2D eigenvalue weighted by atomic mass is 16.2. The maximum atomic E-state index is 12.7. The predicted molar refractivity (Wildman–Crippen MR) is 94.8 cm³/mol. The van der Waals surface area contributed by atoms with E-state index in [1.54, 1.807) is 23.1 Å². The Hall–Kier alpha value is -2.77. The van der Waals surface area contributed by atoms with Crippen molar-refractivity contribution < 1.29 is 9.59 Å². The van der Waals surface area contributed by atoms with Crippen molar-refractivity contribution in [3.05, 3.63) is 41.7 Å². The smallest absolute Gasteiger partial charge is 0.223 e. The van der Waals surface area contributed by atoms with E-state index in [1.165, 1.54) is 6.92 Å². The molecule has 1 aliphatic heterocycles. The van der Waals surface area contributed by atoms with Crippen molar-refractivity contribution in [2.24, 2.45) is 7.05 Å². The Bertz CT molecular complexity index is 787. The molecule has 1 unspecified atom stereocenters. The van der Waals surface area contributed by atoms with Gasteiger partial charge in [-0.3, -0.25) is 14.3 Å². The van der Waals surface area contributed by atoms with Crippen LogP contribution < -0.4 is 5.32 Å². The number of nitrogens with one attached hydrogen (secondary N) is 1. The minimum Gasteiger partial charge on any atom is -0.351 e. The average molecular weight is 356 g/mol. The minimum absolute atomic E-state index is 0.0914. The normalized spacial score (nSPS) is 16.7. The third kappa shape index (κ3) is 4.25. The molecule has 0 spiro atoms. The van der Waals surface area contributed by atoms with Crippen molar-refractivity contribution in [2.75, 3.05) is 6.54 Å². The molecule has 0 radical (unpaired) electrons. The number of carbonyl (C=O) groups is 2. The Morgan fingerprint density at radius 3 is 2.88 bits per heavy atom. The van der Waals surface area contributed by atoms with E-state index < -0.39 is 0 Å². The molecule has 1 N–H and O–H groups in total. The fourth-order valence-corrected chi connectivity index (χ4v) is 3.25. The van der Waals surface area contributed by atoms with Crippen LogP contribution >= 0.6 is 0 Å². The molecule has 8 nitrogen and oxygen atoms in total. The van der Waals surface area contributed by atoms with Crippen LogP contribution in [-0.4, -0.2) is 43.0 Å². The van der Waals surface area contributed by atoms with Gasteiger partial charge in [-0.2, -0.15) is 5.10 Å². The Morgan fingerprint density at radius 1 is 1.31 bits per heavy atom. The van der Waals surface area contributed by atoms with Crippen LogP contribution in [0.2, 0.25) is 0 Å². The van der Waals surface area contributed by atoms with Crippen molar-refractivity contribution in [3.8, 4) is 0 Å². The van der Waals surface area contributed by atoms with E-state index in [1.807, 2.05) is 18.0 Å². The molecule has 3 rings (SSSR count). The van der Waals surface area contributed by atoms with Gasteiger partial charge in [0.05, 0.1) is 18.3 Å². The van der Waals surface area contributed by atoms with Crippen LogP contribution in [0, 0.1) is 0 Å². The zero-order valence-corrected chi connectivity index (χ0v) is 15.2. The number of nitrogens with zero attached hydrogens (tertiary/aromatic N) is 5. The lowest BCUT2D eigenvalue weighted by Gasteiger charge is -2.24. The molecule has 1 fully saturated rings. The lowest BCUT2D eigenvalue weighted by atomic mass is 10.1. The van der Waals surface area contributed by atoms with Gasteiger partial charge < -0.3 is 10.2 Å². The van der Waals surface area contributed by atoms with Crippen LogP contribution in [-0.2, 0) is 29.6 Å². The molecule has 1 saturated heterocycles. The van der Waals surface area contributed by atoms with Crippen molar-refractivity contribution >= 4 is 11.8 Å². The fraction of sp³-hybridized carbons (Fsp3) is 0.500. The van der Waals surface area contributed by atoms with Crippen LogP contribution in [0.25, 0.3) is 0 Å². The van der Waals surface area contributed by atoms with Crippen LogP contribution in [0.15, 0.2) is 24.5 Å². The largest absolute Gasteiger partial charge is 0.351 e. The average Bonchev–Trinajstić information content (AvgIpc) is 3.27. The standard InChI is InChI=1S/C18H24N6O2/c1-13(25)20-12-14-7-9-19-18(22-14)16-4-3-11-24(16)17(26)6-5-15-8-10-21-23(15)2/h7-10,16H,3-6,11-12H2,1-2H3,(H,20,25). The van der Waals surface area contributed by atoms with E-state index in [4.69, 9.17) is 0 Å². The number of aryl methyl sites for hydroxylation is 2. The number of aromatic nitrogens is 4. The summed E-state index contributed by atoms with van der Waals surface area (Å²) in [5.41, 5.74) is 1.79. The Labute approximate surface area is 152 Å². The molecule has 2 amide bonds. The van der Waals surface area contributed by atoms with Crippen LogP contribution in [0.3, 0.4) is 0 Å². The number of likely N-dealkylation sites (tertiary alicyclic amines) is 1. The third-order valence-electron chi connectivity index (χ3n) is 4.64. The number of amides is 2. The maximum absolute atomic E-state index is 12.7. The summed E-state index contributed by atoms with van der Waals surface area (Å²) in [5.74, 6) is 0.668. The van der Waals surface area contributed by atoms with Gasteiger partial charge in [0.25, 0.3) is 0 Å². The molecule has 26 heavy (non-hydrogen) atoms. The first-order valence-electron chi connectivity index (χ1n) is 8.87. The van der Waals surface area contributed by atoms with Crippen molar-refractivity contribution in [2.45, 2.75) is 45.2 Å². The van der Waals surface area contributed by atoms with Crippen molar-refractivity contribution in [1.29, 1.82) is 0 Å². The van der Waals surface area contributed by atoms with Gasteiger partial charge in [-0.05, 0) is 31.4 Å². The topological polar surface area (TPSA) is 93.0 Å². The third-order valence-corrected chi connectivity index (χ3v) is 4.64. The first-order valence-corrected chi connectivity index (χ1v) is 8.87. The summed E-state index contributed by atoms with van der Waals surface area (Å²) >= 11 is 0. The molecule has 0 aromatic carbocycles. The van der Waals surface area contributed by atoms with Crippen molar-refractivity contribution in [3.63, 3.8) is 0 Å². The molecule has 0 aliphatic carbocycles. The van der Waals surface area contributed by atoms with E-state index in [2.05, 4.69) is 20.4 Å². The van der Waals surface area contributed by atoms with Crippen LogP contribution in [0.1, 0.15) is 49.4 Å². The second kappa shape index (κ2) is 8.07. The molecule has 8 heteroatoms. The summed E-state index contributed by atoms with van der Waals surface area (Å²) in [5, 5.41) is 6.87. The summed E-state index contributed by atoms with van der Waals surface area (Å²) in [6.45, 7) is 2.57. The Morgan fingerprint density at radius 2 is 2.15 bits per heavy atom. The molecule has 138 valence electrons. The number of hydrogen-bond donors (Lipinski definition) is 1. The molecule has 0 saturated carbocycles. The van der Waals surface area contributed by atoms with Gasteiger partial charge in [-0.15, -0.1) is 0 Å². The second-order valence-corrected chi connectivity index (χ2v) is 6.51. The van der Waals surface area contributed by atoms with Crippen LogP contribution in [0.4, 0.5) is 0 Å². The zero-order chi connectivity index (χ0) is 18.5. The maximum Gasteiger partial charge on any atom is 0.223 e. The van der Waals surface area contributed by atoms with E-state index in [-0.39, 0.29) is 17.9 Å². The Kier molecular flexibility index (Phi) is 5.60. The quantitative estimate of drug-likeness (QED) is 0.838. The molecular weight excluding hydrogens is 332 g/mol. The zero-order valence-electron chi connectivity index (χ0n) is 15.2. The van der Waals surface area contributed by atoms with Gasteiger partial charge in [0.15, 0.2) is 5.82 Å². The van der Waals surface area contributed by atoms with E-state index in [0.29, 0.717) is 25.2 Å². The number of rotatable bonds is 6. The van der Waals surface area contributed by atoms with Gasteiger partial charge in [0.2, 0.25) is 11.8 Å². The van der Waals surface area contributed by atoms with Gasteiger partial charge in [-0.25, -0.2) is 9.97 Å². The molecule has 1 atom stereocenters. The summed E-state index contributed by atoms with van der Waals surface area (Å²) in [6, 6.07) is 3.62. The van der Waals surface area contributed by atoms with Gasteiger partial charge in [-0.1, -0.05) is 0 Å². The monoisotopic (exact) mass is 356 g/mol. The molecule has 2 aromatic heterocycles. The SMILES string of the molecule is CC(=O)NCc1ccnc(C2CCCN2C(=O)CCc2ccnn2C)n1. The lowest BCUT2D eigenvalue weighted by molar-refractivity contribution is -0.132. The second-order valence-electron chi connectivity index (χ2n) is 6.51. The van der Waals surface area contributed by atoms with Gasteiger partial charge >= 0.3 is 0 Å². The molecule has 2 aromatic rings. The predicted octanol–water partition coefficient (Wildman–Crippen LogP) is 1.14. The first kappa shape index (κ1) is 18.0. The minimum atomic E-state index is -0.0991. The van der Waals surface area contributed by atoms with Crippen LogP contribution in [0.5, 0.6) is 0 Å². The van der Waals surface area contributed by atoms with Crippen molar-refractivity contribution in [1.82, 2.24) is 30.0 Å². The summed E-state index contributed by atoms with van der Waals surface area (Å²) in [6.07, 6.45) is 6.36. The van der Waals surface area contributed by atoms with Gasteiger partial charge in [0, 0.05) is 45.0 Å². The van der Waals surface area contributed by atoms with Gasteiger partial charge in [0.1, 0.15) is 0 Å². The summed E-state index contributed by atoms with van der Waals surface area (Å²) in [7, 11) is 1.88. The highest BCUT2D eigenvalue weighted by molar-refractivity contribution is 5.77. The summed E-state index contributed by atoms with van der Waals surface area (Å²) < 4.78 is 1.79. The molecular formula is C18H24N6O2. The lowest BCUT2D eigenvalue weighted by Crippen LogP contribution is -2.32. The highest BCUT2D eigenvalue weighted by Crippen LogP contribution is 2.30.